The molecule has 0 N–H and O–H groups in total. The first kappa shape index (κ1) is 20.4. The van der Waals surface area contributed by atoms with Gasteiger partial charge in [-0.25, -0.2) is 0 Å². The van der Waals surface area contributed by atoms with Crippen molar-refractivity contribution in [3.63, 3.8) is 0 Å². The molecule has 0 heterocycles. The van der Waals surface area contributed by atoms with E-state index < -0.39 is 57.0 Å². The Morgan fingerprint density at radius 3 is 0.619 bits per heavy atom. The molecule has 0 radical (unpaired) electrons. The van der Waals surface area contributed by atoms with E-state index in [1.54, 1.807) is 0 Å². The van der Waals surface area contributed by atoms with E-state index in [0.717, 1.165) is 0 Å². The Balaban J connectivity index is 5.70. The molecule has 0 aromatic carbocycles. The predicted octanol–water partition coefficient (Wildman–Crippen LogP) is 5.68. The summed E-state index contributed by atoms with van der Waals surface area (Å²) in [6, 6.07) is -10.8. The van der Waals surface area contributed by atoms with E-state index in [9.17, 15) is 52.7 Å². The summed E-state index contributed by atoms with van der Waals surface area (Å²) < 4.78 is 147. The van der Waals surface area contributed by atoms with Gasteiger partial charge in [0.25, 0.3) is 0 Å². The quantitative estimate of drug-likeness (QED) is 0.447. The molecule has 0 nitrogen and oxygen atoms in total. The summed E-state index contributed by atoms with van der Waals surface area (Å²) in [4.78, 5) is 0. The van der Waals surface area contributed by atoms with E-state index in [2.05, 4.69) is 0 Å². The number of hydrogen-bond acceptors (Lipinski definition) is 0. The van der Waals surface area contributed by atoms with Crippen LogP contribution in [-0.2, 0) is 0 Å². The molecular formula is C8H8F12Si. The van der Waals surface area contributed by atoms with Gasteiger partial charge in [0.15, 0.2) is 0 Å². The lowest BCUT2D eigenvalue weighted by atomic mass is 10.7. The van der Waals surface area contributed by atoms with E-state index in [-0.39, 0.29) is 0 Å². The minimum atomic E-state index is -5.84. The van der Waals surface area contributed by atoms with Gasteiger partial charge in [-0.15, -0.1) is 0 Å². The van der Waals surface area contributed by atoms with Crippen LogP contribution in [0.5, 0.6) is 0 Å². The molecule has 0 aromatic rings. The van der Waals surface area contributed by atoms with E-state index in [4.69, 9.17) is 0 Å². The third kappa shape index (κ3) is 10.7. The molecule has 0 amide bonds. The van der Waals surface area contributed by atoms with Crippen LogP contribution in [0.15, 0.2) is 0 Å². The highest BCUT2D eigenvalue weighted by Gasteiger charge is 2.58. The van der Waals surface area contributed by atoms with E-state index in [0.29, 0.717) is 0 Å². The van der Waals surface area contributed by atoms with Crippen molar-refractivity contribution in [2.24, 2.45) is 0 Å². The summed E-state index contributed by atoms with van der Waals surface area (Å²) in [5.74, 6) is 0. The second kappa shape index (κ2) is 5.87. The number of alkyl halides is 12. The van der Waals surface area contributed by atoms with Gasteiger partial charge in [-0.05, 0) is 0 Å². The van der Waals surface area contributed by atoms with Crippen LogP contribution >= 0.6 is 0 Å². The predicted molar refractivity (Wildman–Crippen MR) is 49.2 cm³/mol. The van der Waals surface area contributed by atoms with Crippen molar-refractivity contribution in [3.05, 3.63) is 0 Å². The fourth-order valence-electron chi connectivity index (χ4n) is 2.08. The van der Waals surface area contributed by atoms with Crippen LogP contribution in [0.3, 0.4) is 0 Å². The standard InChI is InChI=1S/C8H8F12Si/c9-5(10,11)1-21(2-6(12,13)14,3-7(15,16)17)4-8(18,19)20/h1-4H2. The molecule has 0 atom stereocenters. The van der Waals surface area contributed by atoms with Crippen molar-refractivity contribution in [3.8, 4) is 0 Å². The highest BCUT2D eigenvalue weighted by molar-refractivity contribution is 6.80. The second-order valence-electron chi connectivity index (χ2n) is 4.67. The zero-order valence-electron chi connectivity index (χ0n) is 9.86. The monoisotopic (exact) mass is 360 g/mol. The molecular weight excluding hydrogens is 352 g/mol. The fourth-order valence-corrected chi connectivity index (χ4v) is 6.23. The zero-order valence-corrected chi connectivity index (χ0v) is 10.9. The highest BCUT2D eigenvalue weighted by atomic mass is 28.3. The molecule has 0 aliphatic heterocycles. The maximum atomic E-state index is 12.2. The maximum Gasteiger partial charge on any atom is 0.386 e. The molecule has 0 aliphatic carbocycles. The van der Waals surface area contributed by atoms with Gasteiger partial charge >= 0.3 is 24.7 Å². The minimum Gasteiger partial charge on any atom is -0.172 e. The van der Waals surface area contributed by atoms with Crippen molar-refractivity contribution >= 4 is 8.07 Å². The number of rotatable bonds is 4. The third-order valence-corrected chi connectivity index (χ3v) is 6.91. The van der Waals surface area contributed by atoms with Crippen molar-refractivity contribution in [2.45, 2.75) is 48.9 Å². The van der Waals surface area contributed by atoms with Gasteiger partial charge in [0, 0.05) is 24.2 Å². The smallest absolute Gasteiger partial charge is 0.172 e. The Morgan fingerprint density at radius 1 is 0.381 bits per heavy atom. The lowest BCUT2D eigenvalue weighted by Gasteiger charge is -2.34. The summed E-state index contributed by atoms with van der Waals surface area (Å²) in [5, 5.41) is 0. The molecule has 0 unspecified atom stereocenters. The zero-order chi connectivity index (χ0) is 17.3. The Labute approximate surface area is 111 Å². The third-order valence-electron chi connectivity index (χ3n) is 2.30. The van der Waals surface area contributed by atoms with Crippen LogP contribution in [0.2, 0.25) is 24.2 Å². The van der Waals surface area contributed by atoms with Gasteiger partial charge in [0.1, 0.15) is 0 Å². The van der Waals surface area contributed by atoms with Crippen molar-refractivity contribution in [1.82, 2.24) is 0 Å². The topological polar surface area (TPSA) is 0 Å². The highest BCUT2D eigenvalue weighted by Crippen LogP contribution is 2.47. The summed E-state index contributed by atoms with van der Waals surface area (Å²) >= 11 is 0. The van der Waals surface area contributed by atoms with Crippen molar-refractivity contribution in [1.29, 1.82) is 0 Å². The van der Waals surface area contributed by atoms with Gasteiger partial charge in [-0.3, -0.25) is 0 Å². The number of hydrogen-bond donors (Lipinski definition) is 0. The van der Waals surface area contributed by atoms with Crippen LogP contribution in [-0.4, -0.2) is 32.8 Å². The van der Waals surface area contributed by atoms with Gasteiger partial charge in [-0.2, -0.15) is 52.7 Å². The van der Waals surface area contributed by atoms with Crippen molar-refractivity contribution < 1.29 is 52.7 Å². The van der Waals surface area contributed by atoms with Crippen LogP contribution in [0.1, 0.15) is 0 Å². The van der Waals surface area contributed by atoms with Gasteiger partial charge in [0.05, 0.1) is 8.07 Å². The Morgan fingerprint density at radius 2 is 0.524 bits per heavy atom. The molecule has 0 bridgehead atoms. The van der Waals surface area contributed by atoms with Gasteiger partial charge < -0.3 is 0 Å². The molecule has 0 rings (SSSR count). The minimum absolute atomic E-state index is 2.70. The largest absolute Gasteiger partial charge is 0.386 e. The van der Waals surface area contributed by atoms with E-state index in [1.807, 2.05) is 0 Å². The molecule has 0 spiro atoms. The SMILES string of the molecule is FC(F)(F)C[Si](CC(F)(F)F)(CC(F)(F)F)CC(F)(F)F. The summed E-state index contributed by atoms with van der Waals surface area (Å²) in [5.41, 5.74) is 0. The first-order chi connectivity index (χ1) is 8.83. The van der Waals surface area contributed by atoms with Crippen LogP contribution < -0.4 is 0 Å². The average Bonchev–Trinajstić information content (AvgIpc) is 1.83. The van der Waals surface area contributed by atoms with Gasteiger partial charge in [-0.1, -0.05) is 0 Å². The Kier molecular flexibility index (Phi) is 5.70. The molecule has 0 fully saturated rings. The van der Waals surface area contributed by atoms with Crippen molar-refractivity contribution in [2.75, 3.05) is 0 Å². The van der Waals surface area contributed by atoms with Crippen LogP contribution in [0.4, 0.5) is 52.7 Å². The number of halogens is 12. The molecule has 0 aromatic heterocycles. The summed E-state index contributed by atoms with van der Waals surface area (Å²) in [7, 11) is -5.84. The lowest BCUT2D eigenvalue weighted by molar-refractivity contribution is -0.134. The maximum absolute atomic E-state index is 12.2. The molecule has 128 valence electrons. The van der Waals surface area contributed by atoms with E-state index >= 15 is 0 Å². The molecule has 0 aliphatic rings. The van der Waals surface area contributed by atoms with Crippen LogP contribution in [0.25, 0.3) is 0 Å². The van der Waals surface area contributed by atoms with E-state index in [1.165, 1.54) is 0 Å². The first-order valence-corrected chi connectivity index (χ1v) is 7.92. The first-order valence-electron chi connectivity index (χ1n) is 5.10. The molecule has 0 saturated carbocycles. The second-order valence-corrected chi connectivity index (χ2v) is 9.08. The summed E-state index contributed by atoms with van der Waals surface area (Å²) in [6.07, 6.45) is -22.2. The molecule has 21 heavy (non-hydrogen) atoms. The fraction of sp³-hybridized carbons (Fsp3) is 1.00. The van der Waals surface area contributed by atoms with Gasteiger partial charge in [0.2, 0.25) is 0 Å². The molecule has 13 heteroatoms. The normalized spacial score (nSPS) is 15.4. The summed E-state index contributed by atoms with van der Waals surface area (Å²) in [6.45, 7) is 0. The molecule has 0 saturated heterocycles. The van der Waals surface area contributed by atoms with Crippen LogP contribution in [0, 0.1) is 0 Å². The lowest BCUT2D eigenvalue weighted by Crippen LogP contribution is -2.48. The Hall–Kier alpha value is -0.623. The Bertz CT molecular complexity index is 262. The average molecular weight is 360 g/mol.